The van der Waals surface area contributed by atoms with Gasteiger partial charge in [0.15, 0.2) is 0 Å². The van der Waals surface area contributed by atoms with Crippen LogP contribution in [0.5, 0.6) is 0 Å². The van der Waals surface area contributed by atoms with Crippen molar-refractivity contribution in [3.8, 4) is 0 Å². The maximum absolute atomic E-state index is 12.3. The second-order valence-electron chi connectivity index (χ2n) is 6.74. The third-order valence-electron chi connectivity index (χ3n) is 3.54. The minimum absolute atomic E-state index is 0.0161. The van der Waals surface area contributed by atoms with Crippen LogP contribution in [0.1, 0.15) is 39.2 Å². The fourth-order valence-electron chi connectivity index (χ4n) is 2.48. The van der Waals surface area contributed by atoms with E-state index in [4.69, 9.17) is 10.5 Å². The minimum Gasteiger partial charge on any atom is -0.364 e. The number of nitrogens with two attached hydrogens (primary N) is 1. The van der Waals surface area contributed by atoms with Crippen molar-refractivity contribution >= 4 is 23.4 Å². The highest BCUT2D eigenvalue weighted by Gasteiger charge is 2.30. The van der Waals surface area contributed by atoms with E-state index in [0.717, 1.165) is 24.1 Å². The topological polar surface area (TPSA) is 64.4 Å². The van der Waals surface area contributed by atoms with Crippen molar-refractivity contribution in [1.82, 2.24) is 0 Å². The maximum Gasteiger partial charge on any atom is 0.253 e. The Hall–Kier alpha value is -1.04. The van der Waals surface area contributed by atoms with E-state index >= 15 is 0 Å². The van der Waals surface area contributed by atoms with Gasteiger partial charge in [0.25, 0.3) is 5.91 Å². The predicted octanol–water partition coefficient (Wildman–Crippen LogP) is 3.33. The molecule has 3 N–H and O–H groups in total. The molecule has 0 spiro atoms. The summed E-state index contributed by atoms with van der Waals surface area (Å²) in [6.45, 7) is 9.05. The molecule has 1 saturated heterocycles. The van der Waals surface area contributed by atoms with Gasteiger partial charge in [0.05, 0.1) is 6.10 Å². The van der Waals surface area contributed by atoms with Crippen LogP contribution in [-0.2, 0) is 9.53 Å². The van der Waals surface area contributed by atoms with Crippen molar-refractivity contribution < 1.29 is 9.53 Å². The lowest BCUT2D eigenvalue weighted by atomic mass is 10.1. The molecule has 0 aromatic heterocycles. The second-order valence-corrected chi connectivity index (χ2v) is 8.64. The van der Waals surface area contributed by atoms with E-state index in [9.17, 15) is 4.79 Å². The highest BCUT2D eigenvalue weighted by molar-refractivity contribution is 8.00. The molecule has 0 aliphatic carbocycles. The van der Waals surface area contributed by atoms with Crippen molar-refractivity contribution in [2.75, 3.05) is 11.9 Å². The molecule has 1 aliphatic rings. The van der Waals surface area contributed by atoms with Gasteiger partial charge in [0.1, 0.15) is 6.10 Å². The van der Waals surface area contributed by atoms with Gasteiger partial charge in [-0.3, -0.25) is 4.79 Å². The van der Waals surface area contributed by atoms with Gasteiger partial charge in [-0.05, 0) is 43.5 Å². The first-order valence-corrected chi connectivity index (χ1v) is 8.56. The first kappa shape index (κ1) is 17.3. The van der Waals surface area contributed by atoms with Crippen molar-refractivity contribution in [1.29, 1.82) is 0 Å². The molecule has 122 valence electrons. The molecule has 4 nitrogen and oxygen atoms in total. The number of aryl methyl sites for hydroxylation is 1. The first-order chi connectivity index (χ1) is 10.3. The Morgan fingerprint density at radius 1 is 1.41 bits per heavy atom. The molecule has 1 heterocycles. The van der Waals surface area contributed by atoms with Gasteiger partial charge in [0.2, 0.25) is 0 Å². The van der Waals surface area contributed by atoms with Crippen molar-refractivity contribution in [3.05, 3.63) is 23.8 Å². The van der Waals surface area contributed by atoms with Gasteiger partial charge in [-0.15, -0.1) is 11.8 Å². The van der Waals surface area contributed by atoms with Crippen molar-refractivity contribution in [2.24, 2.45) is 5.73 Å². The fraction of sp³-hybridized carbons (Fsp3) is 0.588. The largest absolute Gasteiger partial charge is 0.364 e. The monoisotopic (exact) mass is 322 g/mol. The van der Waals surface area contributed by atoms with Gasteiger partial charge >= 0.3 is 0 Å². The Morgan fingerprint density at radius 3 is 2.68 bits per heavy atom. The zero-order chi connectivity index (χ0) is 16.3. The normalized spacial score (nSPS) is 21.9. The predicted molar refractivity (Wildman–Crippen MR) is 92.4 cm³/mol. The Morgan fingerprint density at radius 2 is 2.14 bits per heavy atom. The SMILES string of the molecule is Cc1cc(SC(C)(C)C)ccc1NC(=O)[C@@H]1CC[C@H](CN)O1. The minimum atomic E-state index is -0.378. The van der Waals surface area contributed by atoms with Gasteiger partial charge < -0.3 is 15.8 Å². The van der Waals surface area contributed by atoms with E-state index < -0.39 is 0 Å². The Kier molecular flexibility index (Phi) is 5.53. The van der Waals surface area contributed by atoms with Crippen LogP contribution in [0.2, 0.25) is 0 Å². The lowest BCUT2D eigenvalue weighted by Crippen LogP contribution is -2.30. The summed E-state index contributed by atoms with van der Waals surface area (Å²) in [6, 6.07) is 6.14. The Balaban J connectivity index is 2.00. The van der Waals surface area contributed by atoms with Crippen LogP contribution in [0.15, 0.2) is 23.1 Å². The van der Waals surface area contributed by atoms with E-state index in [1.54, 1.807) is 0 Å². The molecule has 22 heavy (non-hydrogen) atoms. The highest BCUT2D eigenvalue weighted by atomic mass is 32.2. The summed E-state index contributed by atoms with van der Waals surface area (Å²) in [6.07, 6.45) is 1.23. The van der Waals surface area contributed by atoms with Crippen LogP contribution in [0.3, 0.4) is 0 Å². The van der Waals surface area contributed by atoms with Crippen LogP contribution in [0.4, 0.5) is 5.69 Å². The fourth-order valence-corrected chi connectivity index (χ4v) is 3.56. The Labute approximate surface area is 137 Å². The zero-order valence-electron chi connectivity index (χ0n) is 13.8. The van der Waals surface area contributed by atoms with Crippen molar-refractivity contribution in [3.63, 3.8) is 0 Å². The highest BCUT2D eigenvalue weighted by Crippen LogP contribution is 2.33. The molecular formula is C17H26N2O2S. The van der Waals surface area contributed by atoms with Crippen LogP contribution in [-0.4, -0.2) is 29.4 Å². The molecule has 0 saturated carbocycles. The molecule has 5 heteroatoms. The number of hydrogen-bond acceptors (Lipinski definition) is 4. The molecule has 1 aromatic carbocycles. The summed E-state index contributed by atoms with van der Waals surface area (Å²) in [7, 11) is 0. The maximum atomic E-state index is 12.3. The third kappa shape index (κ3) is 4.73. The number of benzene rings is 1. The molecular weight excluding hydrogens is 296 g/mol. The zero-order valence-corrected chi connectivity index (χ0v) is 14.6. The summed E-state index contributed by atoms with van der Waals surface area (Å²) in [5.41, 5.74) is 7.50. The molecule has 0 bridgehead atoms. The first-order valence-electron chi connectivity index (χ1n) is 7.74. The summed E-state index contributed by atoms with van der Waals surface area (Å²) < 4.78 is 5.81. The molecule has 1 aliphatic heterocycles. The summed E-state index contributed by atoms with van der Waals surface area (Å²) in [5.74, 6) is -0.0738. The van der Waals surface area contributed by atoms with Gasteiger partial charge in [-0.25, -0.2) is 0 Å². The molecule has 0 radical (unpaired) electrons. The van der Waals surface area contributed by atoms with E-state index in [2.05, 4.69) is 38.2 Å². The Bertz CT molecular complexity index is 540. The van der Waals surface area contributed by atoms with Crippen LogP contribution in [0.25, 0.3) is 0 Å². The number of amides is 1. The number of thioether (sulfide) groups is 1. The van der Waals surface area contributed by atoms with Crippen LogP contribution >= 0.6 is 11.8 Å². The van der Waals surface area contributed by atoms with Gasteiger partial charge in [-0.1, -0.05) is 20.8 Å². The van der Waals surface area contributed by atoms with Crippen molar-refractivity contribution in [2.45, 2.75) is 62.4 Å². The average Bonchev–Trinajstić information content (AvgIpc) is 2.89. The number of ether oxygens (including phenoxy) is 1. The molecule has 2 rings (SSSR count). The number of nitrogens with one attached hydrogen (secondary N) is 1. The molecule has 0 unspecified atom stereocenters. The number of carbonyl (C=O) groups excluding carboxylic acids is 1. The smallest absolute Gasteiger partial charge is 0.253 e. The van der Waals surface area contributed by atoms with E-state index in [0.29, 0.717) is 6.54 Å². The van der Waals surface area contributed by atoms with Crippen LogP contribution < -0.4 is 11.1 Å². The molecule has 1 aromatic rings. The lowest BCUT2D eigenvalue weighted by Gasteiger charge is -2.19. The lowest BCUT2D eigenvalue weighted by molar-refractivity contribution is -0.126. The molecule has 1 amide bonds. The number of hydrogen-bond donors (Lipinski definition) is 2. The van der Waals surface area contributed by atoms with E-state index in [-0.39, 0.29) is 22.9 Å². The average molecular weight is 322 g/mol. The number of rotatable bonds is 4. The van der Waals surface area contributed by atoms with Gasteiger partial charge in [0, 0.05) is 21.9 Å². The molecule has 2 atom stereocenters. The van der Waals surface area contributed by atoms with E-state index in [1.165, 1.54) is 4.90 Å². The summed E-state index contributed by atoms with van der Waals surface area (Å²) >= 11 is 1.82. The van der Waals surface area contributed by atoms with Gasteiger partial charge in [-0.2, -0.15) is 0 Å². The quantitative estimate of drug-likeness (QED) is 0.835. The standard InChI is InChI=1S/C17H26N2O2S/c1-11-9-13(22-17(2,3)4)6-7-14(11)19-16(20)15-8-5-12(10-18)21-15/h6-7,9,12,15H,5,8,10,18H2,1-4H3,(H,19,20)/t12-,15+/m1/s1. The second kappa shape index (κ2) is 7.02. The number of carbonyl (C=O) groups is 1. The van der Waals surface area contributed by atoms with Crippen LogP contribution in [0, 0.1) is 6.92 Å². The molecule has 1 fully saturated rings. The summed E-state index contributed by atoms with van der Waals surface area (Å²) in [4.78, 5) is 13.5. The summed E-state index contributed by atoms with van der Waals surface area (Å²) in [5, 5.41) is 2.97. The van der Waals surface area contributed by atoms with E-state index in [1.807, 2.05) is 24.8 Å². The number of anilines is 1. The third-order valence-corrected chi connectivity index (χ3v) is 4.64.